The molecule has 0 saturated heterocycles. The van der Waals surface area contributed by atoms with E-state index in [0.717, 1.165) is 16.5 Å². The van der Waals surface area contributed by atoms with Crippen LogP contribution in [0.4, 0.5) is 0 Å². The van der Waals surface area contributed by atoms with Crippen LogP contribution in [0.3, 0.4) is 0 Å². The minimum absolute atomic E-state index is 0.0896. The molecule has 224 valence electrons. The van der Waals surface area contributed by atoms with Crippen LogP contribution < -0.4 is 20.5 Å². The number of fused-ring (bicyclic) bond motifs is 1. The van der Waals surface area contributed by atoms with E-state index in [1.54, 1.807) is 42.5 Å². The zero-order chi connectivity index (χ0) is 31.0. The number of aliphatic hydroxyl groups excluding tert-OH is 1. The highest BCUT2D eigenvalue weighted by Gasteiger charge is 2.20. The smallest absolute Gasteiger partial charge is 0.255 e. The number of H-pyrrole nitrogens is 1. The third kappa shape index (κ3) is 8.93. The molecule has 0 spiro atoms. The lowest BCUT2D eigenvalue weighted by atomic mass is 10.0. The number of ether oxygens (including phenoxy) is 1. The van der Waals surface area contributed by atoms with Gasteiger partial charge in [0.15, 0.2) is 0 Å². The van der Waals surface area contributed by atoms with Crippen LogP contribution in [0.5, 0.6) is 5.75 Å². The van der Waals surface area contributed by atoms with Crippen molar-refractivity contribution in [2.45, 2.75) is 32.4 Å². The van der Waals surface area contributed by atoms with Gasteiger partial charge in [-0.15, -0.1) is 0 Å². The van der Waals surface area contributed by atoms with Gasteiger partial charge in [0.1, 0.15) is 5.75 Å². The van der Waals surface area contributed by atoms with Crippen molar-refractivity contribution in [3.8, 4) is 17.6 Å². The fourth-order valence-corrected chi connectivity index (χ4v) is 4.78. The largest absolute Gasteiger partial charge is 0.490 e. The minimum atomic E-state index is -3.66. The topological polar surface area (TPSA) is 164 Å². The number of hydrogen-bond acceptors (Lipinski definition) is 6. The number of rotatable bonds is 11. The van der Waals surface area contributed by atoms with E-state index in [1.807, 2.05) is 44.3 Å². The van der Waals surface area contributed by atoms with Gasteiger partial charge in [0, 0.05) is 40.3 Å². The van der Waals surface area contributed by atoms with Gasteiger partial charge in [-0.05, 0) is 74.4 Å². The first kappa shape index (κ1) is 31.3. The van der Waals surface area contributed by atoms with Crippen molar-refractivity contribution in [3.05, 3.63) is 101 Å². The number of nitrogens with two attached hydrogens (primary N) is 1. The van der Waals surface area contributed by atoms with Crippen molar-refractivity contribution in [1.29, 1.82) is 0 Å². The third-order valence-corrected chi connectivity index (χ3v) is 7.23. The summed E-state index contributed by atoms with van der Waals surface area (Å²) in [5.74, 6) is 5.29. The number of sulfonamides is 1. The first-order valence-corrected chi connectivity index (χ1v) is 15.4. The Balaban J connectivity index is 1.48. The first-order chi connectivity index (χ1) is 20.5. The van der Waals surface area contributed by atoms with E-state index < -0.39 is 27.9 Å². The minimum Gasteiger partial charge on any atom is -0.490 e. The monoisotopic (exact) mass is 602 g/mol. The fraction of sp³-hybridized carbons (Fsp3) is 0.250. The Hall–Kier alpha value is -4.63. The number of carbonyl (C=O) groups excluding carboxylic acids is 2. The molecule has 10 nitrogen and oxygen atoms in total. The second kappa shape index (κ2) is 14.0. The molecule has 3 aromatic carbocycles. The van der Waals surface area contributed by atoms with E-state index in [4.69, 9.17) is 9.88 Å². The van der Waals surface area contributed by atoms with Crippen molar-refractivity contribution in [3.63, 3.8) is 0 Å². The first-order valence-electron chi connectivity index (χ1n) is 13.7. The number of aliphatic hydroxyl groups is 1. The average molecular weight is 603 g/mol. The highest BCUT2D eigenvalue weighted by atomic mass is 32.2. The van der Waals surface area contributed by atoms with Crippen molar-refractivity contribution in [2.24, 2.45) is 5.14 Å². The Morgan fingerprint density at radius 1 is 1.00 bits per heavy atom. The molecule has 0 aliphatic heterocycles. The molecular formula is C32H34N4O6S. The van der Waals surface area contributed by atoms with Crippen LogP contribution in [0.2, 0.25) is 0 Å². The molecule has 0 aliphatic carbocycles. The number of hydrogen-bond donors (Lipinski definition) is 5. The molecule has 0 radical (unpaired) electrons. The van der Waals surface area contributed by atoms with Crippen LogP contribution in [0.1, 0.15) is 51.3 Å². The zero-order valence-electron chi connectivity index (χ0n) is 23.9. The highest BCUT2D eigenvalue weighted by Crippen LogP contribution is 2.23. The Morgan fingerprint density at radius 3 is 2.40 bits per heavy atom. The number of amides is 2. The van der Waals surface area contributed by atoms with Crippen LogP contribution in [0, 0.1) is 11.8 Å². The van der Waals surface area contributed by atoms with Crippen LogP contribution in [0.15, 0.2) is 72.9 Å². The van der Waals surface area contributed by atoms with Crippen LogP contribution in [0.25, 0.3) is 10.9 Å². The molecular weight excluding hydrogens is 568 g/mol. The second-order valence-corrected chi connectivity index (χ2v) is 12.0. The van der Waals surface area contributed by atoms with Crippen molar-refractivity contribution in [2.75, 3.05) is 18.9 Å². The van der Waals surface area contributed by atoms with Gasteiger partial charge in [0.25, 0.3) is 11.8 Å². The number of benzene rings is 3. The van der Waals surface area contributed by atoms with E-state index >= 15 is 0 Å². The van der Waals surface area contributed by atoms with Gasteiger partial charge in [0.2, 0.25) is 10.0 Å². The Morgan fingerprint density at radius 2 is 1.70 bits per heavy atom. The summed E-state index contributed by atoms with van der Waals surface area (Å²) in [6.07, 6.45) is 2.15. The fourth-order valence-electron chi connectivity index (χ4n) is 4.39. The summed E-state index contributed by atoms with van der Waals surface area (Å²) in [4.78, 5) is 28.9. The lowest BCUT2D eigenvalue weighted by molar-refractivity contribution is 0.0909. The molecule has 2 amide bonds. The van der Waals surface area contributed by atoms with Gasteiger partial charge in [-0.25, -0.2) is 13.6 Å². The average Bonchev–Trinajstić information content (AvgIpc) is 3.38. The van der Waals surface area contributed by atoms with Gasteiger partial charge < -0.3 is 25.5 Å². The molecule has 6 N–H and O–H groups in total. The molecule has 0 bridgehead atoms. The maximum absolute atomic E-state index is 13.4. The molecule has 0 saturated carbocycles. The van der Waals surface area contributed by atoms with Gasteiger partial charge in [-0.1, -0.05) is 30.0 Å². The molecule has 4 rings (SSSR count). The SMILES string of the molecule is CC(C)Oc1ccc(C#Cc2ccc(C(=O)NCCS(N)(=O)=O)cc2)cc1C(=O)N[C@@H](CO)Cc1c[nH]c2ccccc12. The molecule has 43 heavy (non-hydrogen) atoms. The molecule has 4 aromatic rings. The second-order valence-electron chi connectivity index (χ2n) is 10.2. The van der Waals surface area contributed by atoms with Crippen LogP contribution in [-0.2, 0) is 16.4 Å². The van der Waals surface area contributed by atoms with Crippen molar-refractivity contribution >= 4 is 32.7 Å². The van der Waals surface area contributed by atoms with E-state index in [0.29, 0.717) is 34.4 Å². The number of primary sulfonamides is 1. The van der Waals surface area contributed by atoms with Gasteiger partial charge >= 0.3 is 0 Å². The highest BCUT2D eigenvalue weighted by molar-refractivity contribution is 7.89. The lowest BCUT2D eigenvalue weighted by Crippen LogP contribution is -2.39. The summed E-state index contributed by atoms with van der Waals surface area (Å²) in [7, 11) is -3.66. The van der Waals surface area contributed by atoms with Crippen LogP contribution in [-0.4, -0.2) is 61.4 Å². The number of aromatic nitrogens is 1. The predicted octanol–water partition coefficient (Wildman–Crippen LogP) is 2.71. The normalized spacial score (nSPS) is 11.9. The summed E-state index contributed by atoms with van der Waals surface area (Å²) in [5, 5.41) is 21.5. The molecule has 0 aliphatic rings. The molecule has 0 unspecified atom stereocenters. The van der Waals surface area contributed by atoms with Crippen molar-refractivity contribution < 1.29 is 27.9 Å². The van der Waals surface area contributed by atoms with Crippen molar-refractivity contribution in [1.82, 2.24) is 15.6 Å². The Bertz CT molecular complexity index is 1770. The predicted molar refractivity (Wildman–Crippen MR) is 165 cm³/mol. The van der Waals surface area contributed by atoms with E-state index in [9.17, 15) is 23.1 Å². The van der Waals surface area contributed by atoms with E-state index in [-0.39, 0.29) is 25.0 Å². The molecule has 1 heterocycles. The summed E-state index contributed by atoms with van der Waals surface area (Å²) >= 11 is 0. The van der Waals surface area contributed by atoms with Gasteiger partial charge in [-0.3, -0.25) is 9.59 Å². The van der Waals surface area contributed by atoms with E-state index in [1.165, 1.54) is 0 Å². The standard InChI is InChI=1S/C32H34N4O6S/c1-21(2)42-30-14-11-23(8-7-22-9-12-24(13-10-22)31(38)34-15-16-43(33,40)41)17-28(30)32(39)36-26(20-37)18-25-19-35-29-6-4-3-5-27(25)29/h3-6,9-14,17,19,21,26,35,37H,15-16,18,20H2,1-2H3,(H,34,38)(H,36,39)(H2,33,40,41)/t26-/m1/s1. The number of para-hydroxylation sites is 1. The molecule has 11 heteroatoms. The summed E-state index contributed by atoms with van der Waals surface area (Å²) in [6, 6.07) is 18.9. The number of nitrogens with one attached hydrogen (secondary N) is 3. The van der Waals surface area contributed by atoms with Gasteiger partial charge in [0.05, 0.1) is 30.1 Å². The lowest BCUT2D eigenvalue weighted by Gasteiger charge is -2.19. The Labute approximate surface area is 250 Å². The number of carbonyl (C=O) groups is 2. The number of aromatic amines is 1. The zero-order valence-corrected chi connectivity index (χ0v) is 24.7. The summed E-state index contributed by atoms with van der Waals surface area (Å²) in [5.41, 5.74) is 3.82. The summed E-state index contributed by atoms with van der Waals surface area (Å²) < 4.78 is 28.0. The molecule has 1 aromatic heterocycles. The quantitative estimate of drug-likeness (QED) is 0.166. The summed E-state index contributed by atoms with van der Waals surface area (Å²) in [6.45, 7) is 3.40. The molecule has 0 fully saturated rings. The third-order valence-electron chi connectivity index (χ3n) is 6.45. The Kier molecular flexibility index (Phi) is 10.2. The molecule has 1 atom stereocenters. The maximum atomic E-state index is 13.4. The van der Waals surface area contributed by atoms with Crippen LogP contribution >= 0.6 is 0 Å². The van der Waals surface area contributed by atoms with Gasteiger partial charge in [-0.2, -0.15) is 0 Å². The maximum Gasteiger partial charge on any atom is 0.255 e. The van der Waals surface area contributed by atoms with E-state index in [2.05, 4.69) is 27.5 Å².